The summed E-state index contributed by atoms with van der Waals surface area (Å²) < 4.78 is 38.1. The summed E-state index contributed by atoms with van der Waals surface area (Å²) in [5, 5.41) is 0. The molecule has 2 aliphatic rings. The number of nitrogens with one attached hydrogen (secondary N) is 1. The molecule has 7 nitrogen and oxygen atoms in total. The summed E-state index contributed by atoms with van der Waals surface area (Å²) in [7, 11) is -3.28. The molecule has 1 spiro atoms. The second-order valence-corrected chi connectivity index (χ2v) is 10.1. The van der Waals surface area contributed by atoms with Gasteiger partial charge in [-0.25, -0.2) is 23.1 Å². The van der Waals surface area contributed by atoms with E-state index in [2.05, 4.69) is 21.8 Å². The Morgan fingerprint density at radius 3 is 2.90 bits per heavy atom. The Labute approximate surface area is 175 Å². The van der Waals surface area contributed by atoms with Crippen molar-refractivity contribution in [3.63, 3.8) is 0 Å². The van der Waals surface area contributed by atoms with Crippen molar-refractivity contribution in [1.82, 2.24) is 14.7 Å². The van der Waals surface area contributed by atoms with Crippen LogP contribution in [0.1, 0.15) is 36.4 Å². The highest BCUT2D eigenvalue weighted by Gasteiger charge is 2.45. The second-order valence-electron chi connectivity index (χ2n) is 8.28. The smallest absolute Gasteiger partial charge is 0.214 e. The monoisotopic (exact) mass is 425 g/mol. The summed E-state index contributed by atoms with van der Waals surface area (Å²) in [5.74, 6) is 1.18. The highest BCUT2D eigenvalue weighted by atomic mass is 32.2. The fourth-order valence-corrected chi connectivity index (χ4v) is 5.42. The van der Waals surface area contributed by atoms with E-state index in [1.54, 1.807) is 6.26 Å². The summed E-state index contributed by atoms with van der Waals surface area (Å²) in [6.45, 7) is 0.263. The van der Waals surface area contributed by atoms with Gasteiger partial charge in [-0.3, -0.25) is 0 Å². The van der Waals surface area contributed by atoms with E-state index < -0.39 is 10.0 Å². The van der Waals surface area contributed by atoms with Gasteiger partial charge in [-0.05, 0) is 43.4 Å². The van der Waals surface area contributed by atoms with Gasteiger partial charge in [-0.1, -0.05) is 24.3 Å². The predicted molar refractivity (Wildman–Crippen MR) is 112 cm³/mol. The zero-order valence-corrected chi connectivity index (χ0v) is 17.5. The van der Waals surface area contributed by atoms with Gasteiger partial charge in [0, 0.05) is 17.7 Å². The van der Waals surface area contributed by atoms with Crippen molar-refractivity contribution in [3.8, 4) is 17.1 Å². The number of rotatable bonds is 2. The molecule has 0 unspecified atom stereocenters. The standard InChI is InChI=1S/C22H23N3O4S/c1-30(26,27)25-17-8-9-22(12-17)11-15-4-2-5-16(10-15)19-6-3-7-20(24-19)28-13-18-14-29-21(22)23-18/h2-7,10,14,17,25H,8-9,11-13H2,1H3/t17-,22+/m0/s1. The number of hydrogen-bond acceptors (Lipinski definition) is 6. The minimum Gasteiger partial charge on any atom is -0.471 e. The van der Waals surface area contributed by atoms with E-state index in [0.29, 0.717) is 30.3 Å². The lowest BCUT2D eigenvalue weighted by Gasteiger charge is -2.26. The topological polar surface area (TPSA) is 94.3 Å². The average molecular weight is 426 g/mol. The molecule has 1 saturated carbocycles. The second kappa shape index (κ2) is 7.21. The molecule has 2 aromatic heterocycles. The maximum atomic E-state index is 11.8. The third kappa shape index (κ3) is 3.85. The van der Waals surface area contributed by atoms with Gasteiger partial charge in [-0.2, -0.15) is 0 Å². The molecular weight excluding hydrogens is 402 g/mol. The van der Waals surface area contributed by atoms with Gasteiger partial charge in [0.05, 0.1) is 17.4 Å². The van der Waals surface area contributed by atoms with Crippen LogP contribution in [0.2, 0.25) is 0 Å². The molecule has 0 radical (unpaired) electrons. The van der Waals surface area contributed by atoms with E-state index in [1.807, 2.05) is 30.3 Å². The lowest BCUT2D eigenvalue weighted by atomic mass is 9.79. The quantitative estimate of drug-likeness (QED) is 0.678. The fourth-order valence-electron chi connectivity index (χ4n) is 4.61. The molecule has 2 atom stereocenters. The Morgan fingerprint density at radius 1 is 1.17 bits per heavy atom. The van der Waals surface area contributed by atoms with E-state index in [0.717, 1.165) is 29.7 Å². The molecule has 1 aliphatic carbocycles. The number of aromatic nitrogens is 2. The Kier molecular flexibility index (Phi) is 4.63. The van der Waals surface area contributed by atoms with Crippen molar-refractivity contribution in [2.45, 2.75) is 43.7 Å². The SMILES string of the molecule is CS(=O)(=O)N[C@H]1CC[C@@]2(Cc3cccc(c3)-c3cccc(n3)OCc3coc2n3)C1. The van der Waals surface area contributed by atoms with Gasteiger partial charge in [-0.15, -0.1) is 0 Å². The Hall–Kier alpha value is -2.71. The van der Waals surface area contributed by atoms with E-state index in [9.17, 15) is 8.42 Å². The first-order valence-electron chi connectivity index (χ1n) is 10.00. The fraction of sp³-hybridized carbons (Fsp3) is 0.364. The number of fused-ring (bicyclic) bond motifs is 8. The summed E-state index contributed by atoms with van der Waals surface area (Å²) >= 11 is 0. The molecule has 0 saturated heterocycles. The van der Waals surface area contributed by atoms with Crippen molar-refractivity contribution in [1.29, 1.82) is 0 Å². The lowest BCUT2D eigenvalue weighted by molar-refractivity contribution is 0.289. The summed E-state index contributed by atoms with van der Waals surface area (Å²) in [6.07, 6.45) is 5.70. The predicted octanol–water partition coefficient (Wildman–Crippen LogP) is 3.21. The van der Waals surface area contributed by atoms with Crippen molar-refractivity contribution in [2.24, 2.45) is 0 Å². The zero-order chi connectivity index (χ0) is 20.8. The normalized spacial score (nSPS) is 23.3. The first kappa shape index (κ1) is 19.3. The molecule has 1 aromatic carbocycles. The number of nitrogens with zero attached hydrogens (tertiary/aromatic N) is 2. The van der Waals surface area contributed by atoms with Gasteiger partial charge in [0.1, 0.15) is 18.6 Å². The Bertz CT molecular complexity index is 1190. The van der Waals surface area contributed by atoms with E-state index in [-0.39, 0.29) is 18.1 Å². The molecule has 156 valence electrons. The zero-order valence-electron chi connectivity index (χ0n) is 16.7. The lowest BCUT2D eigenvalue weighted by Crippen LogP contribution is -2.35. The van der Waals surface area contributed by atoms with Crippen LogP contribution >= 0.6 is 0 Å². The summed E-state index contributed by atoms with van der Waals surface area (Å²) in [6, 6.07) is 13.9. The van der Waals surface area contributed by atoms with Crippen LogP contribution in [0.3, 0.4) is 0 Å². The molecule has 5 rings (SSSR count). The third-order valence-corrected chi connectivity index (χ3v) is 6.61. The largest absolute Gasteiger partial charge is 0.471 e. The highest BCUT2D eigenvalue weighted by molar-refractivity contribution is 7.88. The molecule has 1 aliphatic heterocycles. The maximum Gasteiger partial charge on any atom is 0.214 e. The van der Waals surface area contributed by atoms with Crippen molar-refractivity contribution in [2.75, 3.05) is 6.26 Å². The number of sulfonamides is 1. The number of hydrogen-bond donors (Lipinski definition) is 1. The van der Waals surface area contributed by atoms with Crippen LogP contribution < -0.4 is 9.46 Å². The number of pyridine rings is 1. The van der Waals surface area contributed by atoms with E-state index in [1.165, 1.54) is 6.26 Å². The van der Waals surface area contributed by atoms with E-state index >= 15 is 0 Å². The molecule has 1 N–H and O–H groups in total. The Morgan fingerprint density at radius 2 is 2.03 bits per heavy atom. The van der Waals surface area contributed by atoms with Crippen LogP contribution in [0.5, 0.6) is 5.88 Å². The first-order valence-corrected chi connectivity index (χ1v) is 11.9. The average Bonchev–Trinajstić information content (AvgIpc) is 3.33. The molecule has 30 heavy (non-hydrogen) atoms. The molecule has 1 fully saturated rings. The Balaban J connectivity index is 1.58. The third-order valence-electron chi connectivity index (χ3n) is 5.85. The van der Waals surface area contributed by atoms with Crippen molar-refractivity contribution < 1.29 is 17.6 Å². The summed E-state index contributed by atoms with van der Waals surface area (Å²) in [5.41, 5.74) is 3.33. The van der Waals surface area contributed by atoms with Crippen LogP contribution in [0.25, 0.3) is 11.3 Å². The van der Waals surface area contributed by atoms with Crippen LogP contribution in [0.15, 0.2) is 53.1 Å². The minimum atomic E-state index is -3.28. The highest BCUT2D eigenvalue weighted by Crippen LogP contribution is 2.44. The molecule has 6 bridgehead atoms. The van der Waals surface area contributed by atoms with E-state index in [4.69, 9.17) is 14.1 Å². The van der Waals surface area contributed by atoms with Crippen LogP contribution in [0, 0.1) is 0 Å². The molecule has 3 heterocycles. The van der Waals surface area contributed by atoms with Crippen LogP contribution in [0.4, 0.5) is 0 Å². The van der Waals surface area contributed by atoms with Crippen LogP contribution in [-0.2, 0) is 28.5 Å². The minimum absolute atomic E-state index is 0.137. The van der Waals surface area contributed by atoms with Gasteiger partial charge in [0.15, 0.2) is 0 Å². The molecule has 0 amide bonds. The number of benzene rings is 1. The van der Waals surface area contributed by atoms with Gasteiger partial charge in [0.2, 0.25) is 21.8 Å². The van der Waals surface area contributed by atoms with Crippen LogP contribution in [-0.4, -0.2) is 30.7 Å². The van der Waals surface area contributed by atoms with Crippen molar-refractivity contribution >= 4 is 10.0 Å². The van der Waals surface area contributed by atoms with Gasteiger partial charge >= 0.3 is 0 Å². The number of ether oxygens (including phenoxy) is 1. The van der Waals surface area contributed by atoms with Crippen molar-refractivity contribution in [3.05, 3.63) is 65.9 Å². The van der Waals surface area contributed by atoms with Gasteiger partial charge in [0.25, 0.3) is 0 Å². The molecular formula is C22H23N3O4S. The number of oxazole rings is 1. The van der Waals surface area contributed by atoms with Gasteiger partial charge < -0.3 is 9.15 Å². The summed E-state index contributed by atoms with van der Waals surface area (Å²) in [4.78, 5) is 9.34. The molecule has 8 heteroatoms. The molecule has 3 aromatic rings. The first-order chi connectivity index (χ1) is 14.4. The maximum absolute atomic E-state index is 11.8.